The highest BCUT2D eigenvalue weighted by Gasteiger charge is 2.42. The van der Waals surface area contributed by atoms with Gasteiger partial charge in [-0.1, -0.05) is 13.0 Å². The first-order chi connectivity index (χ1) is 10.0. The number of nitrogens with one attached hydrogen (secondary N) is 1. The number of nitrogens with zero attached hydrogens (tertiary/aromatic N) is 1. The molecule has 4 nitrogen and oxygen atoms in total. The molecule has 2 aliphatic rings. The van der Waals surface area contributed by atoms with Crippen LogP contribution in [0.2, 0.25) is 0 Å². The van der Waals surface area contributed by atoms with E-state index >= 15 is 0 Å². The molecule has 0 radical (unpaired) electrons. The number of carbonyl (C=O) groups excluding carboxylic acids is 1. The first kappa shape index (κ1) is 14.4. The molecule has 1 aromatic rings. The van der Waals surface area contributed by atoms with Crippen LogP contribution in [-0.2, 0) is 4.79 Å². The minimum atomic E-state index is -0.105. The van der Waals surface area contributed by atoms with Crippen molar-refractivity contribution in [2.75, 3.05) is 13.7 Å². The van der Waals surface area contributed by atoms with E-state index in [9.17, 15) is 4.79 Å². The summed E-state index contributed by atoms with van der Waals surface area (Å²) in [6, 6.07) is 6.05. The van der Waals surface area contributed by atoms with Crippen LogP contribution in [0.15, 0.2) is 18.2 Å². The Labute approximate surface area is 126 Å². The molecule has 3 rings (SSSR count). The third-order valence-corrected chi connectivity index (χ3v) is 4.82. The molecule has 1 amide bonds. The number of rotatable bonds is 4. The molecule has 4 heteroatoms. The molecule has 1 saturated heterocycles. The van der Waals surface area contributed by atoms with E-state index in [0.29, 0.717) is 5.92 Å². The maximum Gasteiger partial charge on any atom is 0.241 e. The summed E-state index contributed by atoms with van der Waals surface area (Å²) in [6.07, 6.45) is 1.23. The van der Waals surface area contributed by atoms with Crippen LogP contribution in [0.25, 0.3) is 0 Å². The van der Waals surface area contributed by atoms with E-state index in [1.165, 1.54) is 6.42 Å². The Morgan fingerprint density at radius 3 is 2.67 bits per heavy atom. The number of ether oxygens (including phenoxy) is 1. The van der Waals surface area contributed by atoms with Crippen molar-refractivity contribution < 1.29 is 9.53 Å². The van der Waals surface area contributed by atoms with Crippen LogP contribution in [0.3, 0.4) is 0 Å². The molecular weight excluding hydrogens is 264 g/mol. The zero-order chi connectivity index (χ0) is 15.1. The van der Waals surface area contributed by atoms with E-state index in [2.05, 4.69) is 24.4 Å². The number of carbonyl (C=O) groups is 1. The highest BCUT2D eigenvalue weighted by Crippen LogP contribution is 2.40. The highest BCUT2D eigenvalue weighted by molar-refractivity contribution is 5.84. The van der Waals surface area contributed by atoms with E-state index < -0.39 is 0 Å². The lowest BCUT2D eigenvalue weighted by molar-refractivity contribution is -0.130. The van der Waals surface area contributed by atoms with Gasteiger partial charge in [-0.3, -0.25) is 10.1 Å². The largest absolute Gasteiger partial charge is 0.496 e. The maximum atomic E-state index is 12.4. The van der Waals surface area contributed by atoms with Gasteiger partial charge in [-0.15, -0.1) is 0 Å². The quantitative estimate of drug-likeness (QED) is 0.925. The zero-order valence-corrected chi connectivity index (χ0v) is 13.2. The van der Waals surface area contributed by atoms with Crippen LogP contribution in [0.5, 0.6) is 5.75 Å². The summed E-state index contributed by atoms with van der Waals surface area (Å²) in [5.41, 5.74) is 2.24. The Kier molecular flexibility index (Phi) is 3.66. The van der Waals surface area contributed by atoms with Crippen LogP contribution >= 0.6 is 0 Å². The molecule has 114 valence electrons. The Bertz CT molecular complexity index is 558. The van der Waals surface area contributed by atoms with Crippen molar-refractivity contribution in [2.45, 2.75) is 39.4 Å². The Balaban J connectivity index is 1.84. The van der Waals surface area contributed by atoms with Crippen molar-refractivity contribution in [1.29, 1.82) is 0 Å². The number of benzene rings is 1. The van der Waals surface area contributed by atoms with Gasteiger partial charge in [0.25, 0.3) is 0 Å². The fourth-order valence-electron chi connectivity index (χ4n) is 3.22. The number of methoxy groups -OCH3 is 1. The monoisotopic (exact) mass is 288 g/mol. The first-order valence-corrected chi connectivity index (χ1v) is 7.72. The van der Waals surface area contributed by atoms with Crippen molar-refractivity contribution in [2.24, 2.45) is 11.8 Å². The first-order valence-electron chi connectivity index (χ1n) is 7.72. The lowest BCUT2D eigenvalue weighted by Crippen LogP contribution is -2.32. The summed E-state index contributed by atoms with van der Waals surface area (Å²) >= 11 is 0. The average Bonchev–Trinajstić information content (AvgIpc) is 3.09. The maximum absolute atomic E-state index is 12.4. The van der Waals surface area contributed by atoms with Gasteiger partial charge in [0.2, 0.25) is 5.91 Å². The van der Waals surface area contributed by atoms with E-state index in [1.54, 1.807) is 7.11 Å². The number of amides is 1. The fraction of sp³-hybridized carbons (Fsp3) is 0.588. The number of hydrogen-bond donors (Lipinski definition) is 1. The van der Waals surface area contributed by atoms with Gasteiger partial charge in [-0.2, -0.15) is 0 Å². The molecule has 1 saturated carbocycles. The van der Waals surface area contributed by atoms with Gasteiger partial charge >= 0.3 is 0 Å². The minimum absolute atomic E-state index is 0.00935. The van der Waals surface area contributed by atoms with Gasteiger partial charge < -0.3 is 9.64 Å². The molecule has 0 aromatic heterocycles. The topological polar surface area (TPSA) is 41.6 Å². The van der Waals surface area contributed by atoms with Crippen LogP contribution < -0.4 is 10.1 Å². The fourth-order valence-corrected chi connectivity index (χ4v) is 3.22. The summed E-state index contributed by atoms with van der Waals surface area (Å²) in [5, 5.41) is 3.42. The molecule has 4 atom stereocenters. The SMILES string of the molecule is COc1ccc(C2NC(C)C(=O)N2CC2CC2C)cc1C. The molecular formula is C17H24N2O2. The Morgan fingerprint density at radius 2 is 2.10 bits per heavy atom. The molecule has 2 fully saturated rings. The second-order valence-corrected chi connectivity index (χ2v) is 6.48. The van der Waals surface area contributed by atoms with Crippen molar-refractivity contribution in [3.63, 3.8) is 0 Å². The lowest BCUT2D eigenvalue weighted by atomic mass is 10.1. The molecule has 21 heavy (non-hydrogen) atoms. The normalized spacial score (nSPS) is 31.6. The van der Waals surface area contributed by atoms with Gasteiger partial charge in [0, 0.05) is 6.54 Å². The van der Waals surface area contributed by atoms with E-state index in [4.69, 9.17) is 4.74 Å². The third-order valence-electron chi connectivity index (χ3n) is 4.82. The van der Waals surface area contributed by atoms with Gasteiger partial charge in [-0.25, -0.2) is 0 Å². The molecule has 0 bridgehead atoms. The van der Waals surface area contributed by atoms with Crippen molar-refractivity contribution >= 4 is 5.91 Å². The summed E-state index contributed by atoms with van der Waals surface area (Å²) in [7, 11) is 1.68. The highest BCUT2D eigenvalue weighted by atomic mass is 16.5. The standard InChI is InChI=1S/C17H24N2O2/c1-10-7-14(10)9-19-16(18-12(3)17(19)20)13-5-6-15(21-4)11(2)8-13/h5-6,8,10,12,14,16,18H,7,9H2,1-4H3. The zero-order valence-electron chi connectivity index (χ0n) is 13.2. The second-order valence-electron chi connectivity index (χ2n) is 6.48. The Morgan fingerprint density at radius 1 is 1.38 bits per heavy atom. The van der Waals surface area contributed by atoms with Crippen molar-refractivity contribution in [3.05, 3.63) is 29.3 Å². The Hall–Kier alpha value is -1.55. The summed E-state index contributed by atoms with van der Waals surface area (Å²) in [5.74, 6) is 2.53. The summed E-state index contributed by atoms with van der Waals surface area (Å²) in [6.45, 7) is 7.11. The molecule has 1 aliphatic carbocycles. The molecule has 0 spiro atoms. The number of aryl methyl sites for hydroxylation is 1. The van der Waals surface area contributed by atoms with Crippen LogP contribution in [0.1, 0.15) is 37.6 Å². The van der Waals surface area contributed by atoms with E-state index in [-0.39, 0.29) is 18.1 Å². The van der Waals surface area contributed by atoms with Crippen LogP contribution in [0, 0.1) is 18.8 Å². The van der Waals surface area contributed by atoms with Gasteiger partial charge in [0.1, 0.15) is 11.9 Å². The molecule has 4 unspecified atom stereocenters. The van der Waals surface area contributed by atoms with Crippen LogP contribution in [-0.4, -0.2) is 30.5 Å². The van der Waals surface area contributed by atoms with Gasteiger partial charge in [0.05, 0.1) is 13.2 Å². The second kappa shape index (κ2) is 5.34. The summed E-state index contributed by atoms with van der Waals surface area (Å²) < 4.78 is 5.32. The van der Waals surface area contributed by atoms with Gasteiger partial charge in [0.15, 0.2) is 0 Å². The van der Waals surface area contributed by atoms with Crippen LogP contribution in [0.4, 0.5) is 0 Å². The number of hydrogen-bond acceptors (Lipinski definition) is 3. The predicted octanol–water partition coefficient (Wildman–Crippen LogP) is 2.48. The predicted molar refractivity (Wildman–Crippen MR) is 82.1 cm³/mol. The van der Waals surface area contributed by atoms with Crippen molar-refractivity contribution in [3.8, 4) is 5.75 Å². The van der Waals surface area contributed by atoms with E-state index in [1.807, 2.05) is 24.8 Å². The molecule has 1 heterocycles. The molecule has 1 aromatic carbocycles. The average molecular weight is 288 g/mol. The minimum Gasteiger partial charge on any atom is -0.496 e. The van der Waals surface area contributed by atoms with Gasteiger partial charge in [-0.05, 0) is 55.4 Å². The third kappa shape index (κ3) is 2.64. The van der Waals surface area contributed by atoms with E-state index in [0.717, 1.165) is 29.3 Å². The summed E-state index contributed by atoms with van der Waals surface area (Å²) in [4.78, 5) is 14.4. The smallest absolute Gasteiger partial charge is 0.241 e. The molecule has 1 aliphatic heterocycles. The molecule has 1 N–H and O–H groups in total. The van der Waals surface area contributed by atoms with Crippen molar-refractivity contribution in [1.82, 2.24) is 10.2 Å². The lowest BCUT2D eigenvalue weighted by Gasteiger charge is -2.25.